The van der Waals surface area contributed by atoms with E-state index in [0.29, 0.717) is 11.3 Å². The highest BCUT2D eigenvalue weighted by molar-refractivity contribution is 5.95. The summed E-state index contributed by atoms with van der Waals surface area (Å²) >= 11 is 0. The van der Waals surface area contributed by atoms with Crippen LogP contribution in [0, 0.1) is 0 Å². The molecule has 0 aliphatic carbocycles. The number of benzene rings is 2. The molecule has 3 rings (SSSR count). The van der Waals surface area contributed by atoms with Crippen LogP contribution in [0.5, 0.6) is 11.5 Å². The van der Waals surface area contributed by atoms with Gasteiger partial charge in [0, 0.05) is 11.8 Å². The molecule has 0 saturated carbocycles. The summed E-state index contributed by atoms with van der Waals surface area (Å²) in [5.74, 6) is 0.354. The topological polar surface area (TPSA) is 70.4 Å². The van der Waals surface area contributed by atoms with Gasteiger partial charge in [-0.25, -0.2) is 9.48 Å². The van der Waals surface area contributed by atoms with Crippen molar-refractivity contribution in [2.45, 2.75) is 6.92 Å². The Morgan fingerprint density at radius 1 is 1.00 bits per heavy atom. The zero-order valence-electron chi connectivity index (χ0n) is 13.8. The summed E-state index contributed by atoms with van der Waals surface area (Å²) in [6, 6.07) is 15.3. The van der Waals surface area contributed by atoms with Gasteiger partial charge in [0.1, 0.15) is 11.5 Å². The van der Waals surface area contributed by atoms with E-state index in [4.69, 9.17) is 9.47 Å². The number of rotatable bonds is 5. The van der Waals surface area contributed by atoms with Crippen LogP contribution in [0.3, 0.4) is 0 Å². The molecular weight excluding hydrogens is 320 g/mol. The van der Waals surface area contributed by atoms with Crippen LogP contribution >= 0.6 is 0 Å². The molecule has 0 unspecified atom stereocenters. The zero-order valence-corrected chi connectivity index (χ0v) is 13.8. The Bertz CT molecular complexity index is 913. The predicted octanol–water partition coefficient (Wildman–Crippen LogP) is 3.30. The molecule has 0 spiro atoms. The number of ketones is 1. The molecule has 0 fully saturated rings. The number of aromatic nitrogens is 2. The molecule has 0 atom stereocenters. The van der Waals surface area contributed by atoms with Gasteiger partial charge in [0.25, 0.3) is 0 Å². The second-order valence-electron chi connectivity index (χ2n) is 5.32. The van der Waals surface area contributed by atoms with Crippen molar-refractivity contribution in [2.75, 3.05) is 7.11 Å². The molecule has 6 heteroatoms. The van der Waals surface area contributed by atoms with Crippen LogP contribution in [-0.2, 0) is 0 Å². The first-order valence-electron chi connectivity index (χ1n) is 7.60. The summed E-state index contributed by atoms with van der Waals surface area (Å²) < 4.78 is 12.0. The maximum atomic E-state index is 12.2. The maximum absolute atomic E-state index is 12.2. The third-order valence-corrected chi connectivity index (χ3v) is 3.59. The molecule has 0 saturated heterocycles. The van der Waals surface area contributed by atoms with Crippen LogP contribution in [0.15, 0.2) is 60.8 Å². The molecule has 3 aromatic rings. The number of methoxy groups -OCH3 is 1. The fraction of sp³-hybridized carbons (Fsp3) is 0.105. The van der Waals surface area contributed by atoms with Gasteiger partial charge in [0.05, 0.1) is 12.8 Å². The summed E-state index contributed by atoms with van der Waals surface area (Å²) in [4.78, 5) is 23.6. The van der Waals surface area contributed by atoms with E-state index in [1.165, 1.54) is 13.0 Å². The lowest BCUT2D eigenvalue weighted by atomic mass is 10.1. The SMILES string of the molecule is COc1ccc(-n2ccc(C(=O)Oc3cccc(C(C)=O)c3)n2)cc1. The molecule has 1 aromatic heterocycles. The Morgan fingerprint density at radius 2 is 1.76 bits per heavy atom. The van der Waals surface area contributed by atoms with Gasteiger partial charge in [-0.05, 0) is 49.4 Å². The standard InChI is InChI=1S/C19H16N2O4/c1-13(22)14-4-3-5-17(12-14)25-19(23)18-10-11-21(20-18)15-6-8-16(24-2)9-7-15/h3-12H,1-2H3. The van der Waals surface area contributed by atoms with Crippen LogP contribution < -0.4 is 9.47 Å². The largest absolute Gasteiger partial charge is 0.497 e. The van der Waals surface area contributed by atoms with Gasteiger partial charge < -0.3 is 9.47 Å². The molecule has 0 radical (unpaired) electrons. The normalized spacial score (nSPS) is 10.3. The number of carbonyl (C=O) groups excluding carboxylic acids is 2. The first-order chi connectivity index (χ1) is 12.1. The molecule has 0 aliphatic heterocycles. The predicted molar refractivity (Wildman–Crippen MR) is 91.5 cm³/mol. The van der Waals surface area contributed by atoms with Crippen molar-refractivity contribution >= 4 is 11.8 Å². The summed E-state index contributed by atoms with van der Waals surface area (Å²) in [7, 11) is 1.60. The molecule has 0 bridgehead atoms. The smallest absolute Gasteiger partial charge is 0.364 e. The van der Waals surface area contributed by atoms with Gasteiger partial charge in [0.15, 0.2) is 11.5 Å². The van der Waals surface area contributed by atoms with E-state index < -0.39 is 5.97 Å². The molecule has 126 valence electrons. The Morgan fingerprint density at radius 3 is 2.44 bits per heavy atom. The Hall–Kier alpha value is -3.41. The lowest BCUT2D eigenvalue weighted by Gasteiger charge is -2.04. The average molecular weight is 336 g/mol. The van der Waals surface area contributed by atoms with Crippen LogP contribution in [0.1, 0.15) is 27.8 Å². The number of hydrogen-bond donors (Lipinski definition) is 0. The van der Waals surface area contributed by atoms with Crippen LogP contribution in [0.25, 0.3) is 5.69 Å². The van der Waals surface area contributed by atoms with Gasteiger partial charge in [-0.15, -0.1) is 0 Å². The molecule has 0 aliphatic rings. The van der Waals surface area contributed by atoms with Crippen molar-refractivity contribution in [1.82, 2.24) is 9.78 Å². The number of ether oxygens (including phenoxy) is 2. The lowest BCUT2D eigenvalue weighted by Crippen LogP contribution is -2.10. The van der Waals surface area contributed by atoms with E-state index in [-0.39, 0.29) is 11.5 Å². The van der Waals surface area contributed by atoms with E-state index in [1.54, 1.807) is 42.3 Å². The van der Waals surface area contributed by atoms with Crippen molar-refractivity contribution in [3.63, 3.8) is 0 Å². The Labute approximate surface area is 144 Å². The van der Waals surface area contributed by atoms with Crippen molar-refractivity contribution in [2.24, 2.45) is 0 Å². The van der Waals surface area contributed by atoms with E-state index in [2.05, 4.69) is 5.10 Å². The number of nitrogens with zero attached hydrogens (tertiary/aromatic N) is 2. The average Bonchev–Trinajstić information content (AvgIpc) is 3.12. The quantitative estimate of drug-likeness (QED) is 0.406. The highest BCUT2D eigenvalue weighted by atomic mass is 16.5. The number of hydrogen-bond acceptors (Lipinski definition) is 5. The van der Waals surface area contributed by atoms with Crippen molar-refractivity contribution in [3.05, 3.63) is 72.1 Å². The van der Waals surface area contributed by atoms with Crippen molar-refractivity contribution in [3.8, 4) is 17.2 Å². The van der Waals surface area contributed by atoms with Gasteiger partial charge in [-0.1, -0.05) is 12.1 Å². The molecule has 6 nitrogen and oxygen atoms in total. The van der Waals surface area contributed by atoms with E-state index >= 15 is 0 Å². The van der Waals surface area contributed by atoms with Crippen molar-refractivity contribution < 1.29 is 19.1 Å². The number of Topliss-reactive ketones (excluding diaryl/α,β-unsaturated/α-hetero) is 1. The van der Waals surface area contributed by atoms with Crippen molar-refractivity contribution in [1.29, 1.82) is 0 Å². The molecular formula is C19H16N2O4. The van der Waals surface area contributed by atoms with Crippen LogP contribution in [-0.4, -0.2) is 28.6 Å². The van der Waals surface area contributed by atoms with Crippen LogP contribution in [0.4, 0.5) is 0 Å². The molecule has 0 N–H and O–H groups in total. The number of carbonyl (C=O) groups is 2. The summed E-state index contributed by atoms with van der Waals surface area (Å²) in [5.41, 5.74) is 1.44. The van der Waals surface area contributed by atoms with Gasteiger partial charge >= 0.3 is 5.97 Å². The molecule has 0 amide bonds. The second kappa shape index (κ2) is 7.00. The summed E-state index contributed by atoms with van der Waals surface area (Å²) in [6.45, 7) is 1.46. The lowest BCUT2D eigenvalue weighted by molar-refractivity contribution is 0.0727. The molecule has 1 heterocycles. The summed E-state index contributed by atoms with van der Waals surface area (Å²) in [6.07, 6.45) is 1.67. The zero-order chi connectivity index (χ0) is 17.8. The van der Waals surface area contributed by atoms with Gasteiger partial charge in [-0.2, -0.15) is 5.10 Å². The van der Waals surface area contributed by atoms with Gasteiger partial charge in [0.2, 0.25) is 0 Å². The fourth-order valence-corrected chi connectivity index (χ4v) is 2.25. The van der Waals surface area contributed by atoms with E-state index in [9.17, 15) is 9.59 Å². The summed E-state index contributed by atoms with van der Waals surface area (Å²) in [5, 5.41) is 4.22. The first kappa shape index (κ1) is 16.4. The fourth-order valence-electron chi connectivity index (χ4n) is 2.25. The minimum absolute atomic E-state index is 0.0957. The third-order valence-electron chi connectivity index (χ3n) is 3.59. The highest BCUT2D eigenvalue weighted by Gasteiger charge is 2.13. The molecule has 25 heavy (non-hydrogen) atoms. The minimum Gasteiger partial charge on any atom is -0.497 e. The minimum atomic E-state index is -0.590. The monoisotopic (exact) mass is 336 g/mol. The third kappa shape index (κ3) is 3.74. The van der Waals surface area contributed by atoms with Crippen LogP contribution in [0.2, 0.25) is 0 Å². The Balaban J connectivity index is 1.76. The Kier molecular flexibility index (Phi) is 4.61. The molecule has 2 aromatic carbocycles. The second-order valence-corrected chi connectivity index (χ2v) is 5.32. The van der Waals surface area contributed by atoms with E-state index in [1.807, 2.05) is 24.3 Å². The maximum Gasteiger partial charge on any atom is 0.364 e. The highest BCUT2D eigenvalue weighted by Crippen LogP contribution is 2.17. The number of esters is 1. The van der Waals surface area contributed by atoms with E-state index in [0.717, 1.165) is 11.4 Å². The van der Waals surface area contributed by atoms with Gasteiger partial charge in [-0.3, -0.25) is 4.79 Å². The first-order valence-corrected chi connectivity index (χ1v) is 7.60.